The lowest BCUT2D eigenvalue weighted by Crippen LogP contribution is -2.52. The maximum absolute atomic E-state index is 13.2. The third kappa shape index (κ3) is 6.04. The number of anilines is 1. The van der Waals surface area contributed by atoms with E-state index in [4.69, 9.17) is 13.9 Å². The molecule has 39 heavy (non-hydrogen) atoms. The molecule has 1 saturated heterocycles. The predicted molar refractivity (Wildman–Crippen MR) is 147 cm³/mol. The van der Waals surface area contributed by atoms with Gasteiger partial charge in [0.25, 0.3) is 5.91 Å². The highest BCUT2D eigenvalue weighted by atomic mass is 32.1. The second-order valence-electron chi connectivity index (χ2n) is 8.93. The van der Waals surface area contributed by atoms with Crippen LogP contribution in [0.2, 0.25) is 0 Å². The van der Waals surface area contributed by atoms with Gasteiger partial charge in [-0.2, -0.15) is 0 Å². The highest BCUT2D eigenvalue weighted by Gasteiger charge is 2.27. The number of thiophene rings is 1. The molecule has 2 amide bonds. The second-order valence-corrected chi connectivity index (χ2v) is 9.88. The van der Waals surface area contributed by atoms with Crippen LogP contribution in [0.25, 0.3) is 11.3 Å². The summed E-state index contributed by atoms with van der Waals surface area (Å²) in [6.07, 6.45) is 1.56. The average molecular weight is 548 g/mol. The van der Waals surface area contributed by atoms with Crippen molar-refractivity contribution >= 4 is 29.0 Å². The smallest absolute Gasteiger partial charge is 0.264 e. The number of piperazine rings is 1. The third-order valence-electron chi connectivity index (χ3n) is 6.56. The Morgan fingerprint density at radius 3 is 2.49 bits per heavy atom. The first-order valence-electron chi connectivity index (χ1n) is 12.5. The van der Waals surface area contributed by atoms with Crippen LogP contribution < -0.4 is 14.4 Å². The molecule has 1 aliphatic heterocycles. The summed E-state index contributed by atoms with van der Waals surface area (Å²) in [5.41, 5.74) is 1.52. The van der Waals surface area contributed by atoms with Crippen LogP contribution in [0.5, 0.6) is 11.5 Å². The maximum atomic E-state index is 13.2. The van der Waals surface area contributed by atoms with Crippen LogP contribution in [0.15, 0.2) is 70.7 Å². The van der Waals surface area contributed by atoms with Crippen LogP contribution >= 0.6 is 11.3 Å². The van der Waals surface area contributed by atoms with E-state index in [2.05, 4.69) is 15.1 Å². The normalized spacial score (nSPS) is 13.3. The average Bonchev–Trinajstić information content (AvgIpc) is 3.71. The Balaban J connectivity index is 1.20. The lowest BCUT2D eigenvalue weighted by molar-refractivity contribution is -0.132. The van der Waals surface area contributed by atoms with Gasteiger partial charge in [-0.25, -0.2) is 0 Å². The number of aromatic nitrogens is 2. The van der Waals surface area contributed by atoms with Gasteiger partial charge in [0.2, 0.25) is 5.91 Å². The third-order valence-corrected chi connectivity index (χ3v) is 7.42. The second kappa shape index (κ2) is 12.0. The van der Waals surface area contributed by atoms with E-state index in [1.807, 2.05) is 41.8 Å². The molecule has 1 aromatic carbocycles. The molecule has 202 valence electrons. The van der Waals surface area contributed by atoms with Crippen LogP contribution in [0.3, 0.4) is 0 Å². The highest BCUT2D eigenvalue weighted by molar-refractivity contribution is 7.12. The van der Waals surface area contributed by atoms with Crippen LogP contribution in [0.4, 0.5) is 5.82 Å². The molecule has 5 rings (SSSR count). The van der Waals surface area contributed by atoms with Crippen LogP contribution in [-0.2, 0) is 11.3 Å². The van der Waals surface area contributed by atoms with Gasteiger partial charge in [0.1, 0.15) is 23.8 Å². The van der Waals surface area contributed by atoms with Crippen molar-refractivity contribution in [2.75, 3.05) is 51.8 Å². The number of amides is 2. The molecule has 0 spiro atoms. The number of ether oxygens (including phenoxy) is 2. The Hall–Kier alpha value is -4.38. The fourth-order valence-electron chi connectivity index (χ4n) is 4.44. The summed E-state index contributed by atoms with van der Waals surface area (Å²) in [6, 6.07) is 16.6. The van der Waals surface area contributed by atoms with Gasteiger partial charge in [-0.1, -0.05) is 6.07 Å². The standard InChI is InChI=1S/C28H29N5O5S/c1-36-20-7-8-22(24(17-20)37-2)23-9-10-26(30-29-23)31-11-13-32(14-12-31)27(34)19-33(18-21-5-3-15-38-21)28(35)25-6-4-16-39-25/h3-10,15-17H,11-14,18-19H2,1-2H3. The Morgan fingerprint density at radius 2 is 1.85 bits per heavy atom. The summed E-state index contributed by atoms with van der Waals surface area (Å²) in [5.74, 6) is 2.45. The van der Waals surface area contributed by atoms with Gasteiger partial charge >= 0.3 is 0 Å². The van der Waals surface area contributed by atoms with Crippen LogP contribution in [-0.4, -0.2) is 78.8 Å². The van der Waals surface area contributed by atoms with Gasteiger partial charge in [-0.05, 0) is 47.8 Å². The van der Waals surface area contributed by atoms with Gasteiger partial charge in [0.15, 0.2) is 5.82 Å². The number of furan rings is 1. The molecule has 1 aliphatic rings. The quantitative estimate of drug-likeness (QED) is 0.312. The van der Waals surface area contributed by atoms with E-state index in [1.165, 1.54) is 16.2 Å². The number of hydrogen-bond donors (Lipinski definition) is 0. The number of rotatable bonds is 9. The Bertz CT molecular complexity index is 1380. The number of hydrogen-bond acceptors (Lipinski definition) is 9. The van der Waals surface area contributed by atoms with E-state index in [0.717, 1.165) is 11.4 Å². The molecule has 3 aromatic heterocycles. The fourth-order valence-corrected chi connectivity index (χ4v) is 5.13. The Labute approximate surface area is 230 Å². The molecule has 0 saturated carbocycles. The fraction of sp³-hybridized carbons (Fsp3) is 0.286. The van der Waals surface area contributed by atoms with Crippen molar-refractivity contribution in [3.63, 3.8) is 0 Å². The van der Waals surface area contributed by atoms with Crippen LogP contribution in [0.1, 0.15) is 15.4 Å². The summed E-state index contributed by atoms with van der Waals surface area (Å²) in [7, 11) is 3.22. The molecular weight excluding hydrogens is 518 g/mol. The molecule has 0 aliphatic carbocycles. The molecule has 1 fully saturated rings. The molecule has 10 nitrogen and oxygen atoms in total. The van der Waals surface area contributed by atoms with E-state index < -0.39 is 0 Å². The maximum Gasteiger partial charge on any atom is 0.264 e. The summed E-state index contributed by atoms with van der Waals surface area (Å²) in [4.78, 5) is 32.3. The van der Waals surface area contributed by atoms with Crippen molar-refractivity contribution in [3.8, 4) is 22.8 Å². The Kier molecular flexibility index (Phi) is 8.07. The number of nitrogens with zero attached hydrogens (tertiary/aromatic N) is 5. The van der Waals surface area contributed by atoms with Crippen molar-refractivity contribution in [3.05, 3.63) is 76.9 Å². The first kappa shape index (κ1) is 26.2. The molecule has 0 radical (unpaired) electrons. The van der Waals surface area contributed by atoms with E-state index >= 15 is 0 Å². The predicted octanol–water partition coefficient (Wildman–Crippen LogP) is 3.81. The minimum absolute atomic E-state index is 0.0182. The number of benzene rings is 1. The lowest BCUT2D eigenvalue weighted by Gasteiger charge is -2.36. The van der Waals surface area contributed by atoms with Gasteiger partial charge < -0.3 is 28.6 Å². The van der Waals surface area contributed by atoms with E-state index in [1.54, 1.807) is 43.6 Å². The number of carbonyl (C=O) groups is 2. The largest absolute Gasteiger partial charge is 0.497 e. The molecular formula is C28H29N5O5S. The topological polar surface area (TPSA) is 101 Å². The minimum atomic E-state index is -0.183. The van der Waals surface area contributed by atoms with Gasteiger partial charge in [0.05, 0.1) is 37.6 Å². The number of carbonyl (C=O) groups excluding carboxylic acids is 2. The van der Waals surface area contributed by atoms with Gasteiger partial charge in [-0.15, -0.1) is 21.5 Å². The summed E-state index contributed by atoms with van der Waals surface area (Å²) >= 11 is 1.36. The lowest BCUT2D eigenvalue weighted by atomic mass is 10.1. The summed E-state index contributed by atoms with van der Waals surface area (Å²) in [5, 5.41) is 10.7. The van der Waals surface area contributed by atoms with Crippen molar-refractivity contribution < 1.29 is 23.5 Å². The molecule has 11 heteroatoms. The molecule has 0 N–H and O–H groups in total. The summed E-state index contributed by atoms with van der Waals surface area (Å²) < 4.78 is 16.2. The molecule has 0 bridgehead atoms. The SMILES string of the molecule is COc1ccc(-c2ccc(N3CCN(C(=O)CN(Cc4ccco4)C(=O)c4cccs4)CC3)nn2)c(OC)c1. The Morgan fingerprint density at radius 1 is 1.00 bits per heavy atom. The number of methoxy groups -OCH3 is 2. The van der Waals surface area contributed by atoms with Crippen molar-refractivity contribution in [2.24, 2.45) is 0 Å². The molecule has 4 aromatic rings. The van der Waals surface area contributed by atoms with E-state index in [9.17, 15) is 9.59 Å². The zero-order chi connectivity index (χ0) is 27.2. The van der Waals surface area contributed by atoms with Gasteiger partial charge in [-0.3, -0.25) is 9.59 Å². The highest BCUT2D eigenvalue weighted by Crippen LogP contribution is 2.32. The first-order valence-corrected chi connectivity index (χ1v) is 13.4. The zero-order valence-electron chi connectivity index (χ0n) is 21.8. The minimum Gasteiger partial charge on any atom is -0.497 e. The van der Waals surface area contributed by atoms with Crippen LogP contribution in [0, 0.1) is 0 Å². The summed E-state index contributed by atoms with van der Waals surface area (Å²) in [6.45, 7) is 2.49. The van der Waals surface area contributed by atoms with Crippen molar-refractivity contribution in [2.45, 2.75) is 6.54 Å². The van der Waals surface area contributed by atoms with Crippen molar-refractivity contribution in [1.82, 2.24) is 20.0 Å². The first-order chi connectivity index (χ1) is 19.1. The van der Waals surface area contributed by atoms with Gasteiger partial charge in [0, 0.05) is 37.8 Å². The molecule has 0 unspecified atom stereocenters. The zero-order valence-corrected chi connectivity index (χ0v) is 22.6. The van der Waals surface area contributed by atoms with E-state index in [-0.39, 0.29) is 24.9 Å². The molecule has 4 heterocycles. The monoisotopic (exact) mass is 547 g/mol. The molecule has 0 atom stereocenters. The van der Waals surface area contributed by atoms with Crippen molar-refractivity contribution in [1.29, 1.82) is 0 Å². The van der Waals surface area contributed by atoms with E-state index in [0.29, 0.717) is 54.0 Å².